The summed E-state index contributed by atoms with van der Waals surface area (Å²) in [5.41, 5.74) is 1.96. The predicted molar refractivity (Wildman–Crippen MR) is 69.2 cm³/mol. The highest BCUT2D eigenvalue weighted by Crippen LogP contribution is 2.29. The summed E-state index contributed by atoms with van der Waals surface area (Å²) in [6.45, 7) is 6.13. The summed E-state index contributed by atoms with van der Waals surface area (Å²) in [5.74, 6) is 0.110. The molecule has 0 bridgehead atoms. The first-order chi connectivity index (χ1) is 9.45. The van der Waals surface area contributed by atoms with Crippen molar-refractivity contribution < 1.29 is 11.0 Å². The molecule has 3 aliphatic rings. The minimum Gasteiger partial charge on any atom is -0.336 e. The smallest absolute Gasteiger partial charge is 0.274 e. The maximum atomic E-state index is 12.5. The molecule has 0 radical (unpaired) electrons. The molecule has 0 saturated carbocycles. The van der Waals surface area contributed by atoms with Crippen molar-refractivity contribution in [2.75, 3.05) is 6.54 Å². The monoisotopic (exact) mass is 263 g/mol. The number of rotatable bonds is 2. The summed E-state index contributed by atoms with van der Waals surface area (Å²) < 4.78 is 7.89. The molecule has 19 heavy (non-hydrogen) atoms. The van der Waals surface area contributed by atoms with Gasteiger partial charge < -0.3 is 10.2 Å². The standard InChI is InChI=1S/C13H18N4O2/c1-4-8(3)16-6-9-11(13(16)19)14-10-5-7(2)15-17(10)12(9)18/h5,7-8,14-15H,4,6H2,1-3H3/t7?,8-/m0/s1/i/hD. The van der Waals surface area contributed by atoms with Crippen LogP contribution < -0.4 is 10.7 Å². The predicted octanol–water partition coefficient (Wildman–Crippen LogP) is 0.0611. The molecule has 0 fully saturated rings. The maximum Gasteiger partial charge on any atom is 0.274 e. The number of hydrogen-bond acceptors (Lipinski definition) is 4. The Morgan fingerprint density at radius 1 is 1.53 bits per heavy atom. The zero-order chi connectivity index (χ0) is 14.6. The van der Waals surface area contributed by atoms with Gasteiger partial charge >= 0.3 is 0 Å². The van der Waals surface area contributed by atoms with Crippen LogP contribution in [0.1, 0.15) is 27.2 Å². The summed E-state index contributed by atoms with van der Waals surface area (Å²) in [6, 6.07) is -0.0974. The Kier molecular flexibility index (Phi) is 2.38. The fraction of sp³-hybridized carbons (Fsp3) is 0.538. The van der Waals surface area contributed by atoms with Gasteiger partial charge in [-0.15, -0.1) is 0 Å². The Morgan fingerprint density at radius 2 is 2.26 bits per heavy atom. The third kappa shape index (κ3) is 1.67. The second-order valence-corrected chi connectivity index (χ2v) is 5.19. The van der Waals surface area contributed by atoms with Gasteiger partial charge in [-0.05, 0) is 26.3 Å². The maximum absolute atomic E-state index is 12.5. The molecular formula is C13H18N4O2. The molecule has 2 atom stereocenters. The molecule has 2 N–H and O–H groups in total. The first-order valence-electron chi connectivity index (χ1n) is 7.05. The first kappa shape index (κ1) is 11.0. The van der Waals surface area contributed by atoms with Crippen molar-refractivity contribution in [1.29, 1.82) is 0 Å². The second kappa shape index (κ2) is 4.09. The molecule has 0 aromatic carbocycles. The summed E-state index contributed by atoms with van der Waals surface area (Å²) in [4.78, 5) is 26.6. The Morgan fingerprint density at radius 3 is 2.95 bits per heavy atom. The van der Waals surface area contributed by atoms with Crippen LogP contribution in [0.4, 0.5) is 0 Å². The van der Waals surface area contributed by atoms with Crippen LogP contribution in [-0.2, 0) is 9.59 Å². The topological polar surface area (TPSA) is 64.7 Å². The van der Waals surface area contributed by atoms with Crippen LogP contribution >= 0.6 is 0 Å². The van der Waals surface area contributed by atoms with Crippen LogP contribution in [0.25, 0.3) is 0 Å². The molecule has 3 aliphatic heterocycles. The lowest BCUT2D eigenvalue weighted by Crippen LogP contribution is -2.48. The highest BCUT2D eigenvalue weighted by Gasteiger charge is 2.43. The van der Waals surface area contributed by atoms with E-state index in [0.717, 1.165) is 11.8 Å². The van der Waals surface area contributed by atoms with Crippen molar-refractivity contribution in [2.24, 2.45) is 0 Å². The van der Waals surface area contributed by atoms with E-state index in [0.29, 0.717) is 23.6 Å². The van der Waals surface area contributed by atoms with Gasteiger partial charge in [0.15, 0.2) is 0 Å². The molecule has 3 heterocycles. The average molecular weight is 263 g/mol. The quantitative estimate of drug-likeness (QED) is 0.739. The van der Waals surface area contributed by atoms with Gasteiger partial charge in [-0.1, -0.05) is 6.92 Å². The number of carbonyl (C=O) groups excluding carboxylic acids is 2. The first-order valence-corrected chi connectivity index (χ1v) is 6.61. The minimum absolute atomic E-state index is 0.0950. The van der Waals surface area contributed by atoms with Crippen LogP contribution in [0.3, 0.4) is 0 Å². The van der Waals surface area contributed by atoms with Crippen LogP contribution in [-0.4, -0.2) is 40.4 Å². The van der Waals surface area contributed by atoms with Crippen LogP contribution in [0, 0.1) is 0 Å². The van der Waals surface area contributed by atoms with Crippen LogP contribution in [0.2, 0.25) is 1.41 Å². The molecule has 0 aromatic heterocycles. The Labute approximate surface area is 113 Å². The lowest BCUT2D eigenvalue weighted by molar-refractivity contribution is -0.129. The summed E-state index contributed by atoms with van der Waals surface area (Å²) in [5, 5.41) is 4.31. The fourth-order valence-electron chi connectivity index (χ4n) is 2.56. The van der Waals surface area contributed by atoms with Gasteiger partial charge in [-0.25, -0.2) is 10.4 Å². The van der Waals surface area contributed by atoms with Crippen LogP contribution in [0.5, 0.6) is 0 Å². The Bertz CT molecular complexity index is 557. The third-order valence-corrected chi connectivity index (χ3v) is 3.86. The SMILES string of the molecule is [2H]N1C(C)C=C2NC3=C(CN([C@@H](C)CC)C3=O)C(=O)N21. The van der Waals surface area contributed by atoms with E-state index in [2.05, 4.69) is 5.32 Å². The van der Waals surface area contributed by atoms with Gasteiger partial charge in [0.1, 0.15) is 12.9 Å². The molecular weight excluding hydrogens is 244 g/mol. The van der Waals surface area contributed by atoms with E-state index < -0.39 is 0 Å². The highest BCUT2D eigenvalue weighted by atomic mass is 16.2. The summed E-state index contributed by atoms with van der Waals surface area (Å²) >= 11 is 0. The van der Waals surface area contributed by atoms with Crippen molar-refractivity contribution in [3.8, 4) is 0 Å². The van der Waals surface area contributed by atoms with Crippen molar-refractivity contribution in [3.63, 3.8) is 0 Å². The van der Waals surface area contributed by atoms with Gasteiger partial charge in [0.25, 0.3) is 11.8 Å². The Hall–Kier alpha value is -1.82. The third-order valence-electron chi connectivity index (χ3n) is 3.86. The van der Waals surface area contributed by atoms with Crippen molar-refractivity contribution >= 4 is 11.8 Å². The summed E-state index contributed by atoms with van der Waals surface area (Å²) in [6.07, 6.45) is 2.61. The molecule has 0 saturated heterocycles. The second-order valence-electron chi connectivity index (χ2n) is 5.19. The van der Waals surface area contributed by atoms with E-state index in [4.69, 9.17) is 1.41 Å². The molecule has 2 amide bonds. The van der Waals surface area contributed by atoms with E-state index in [9.17, 15) is 9.59 Å². The number of amides is 2. The van der Waals surface area contributed by atoms with Gasteiger partial charge in [0.2, 0.25) is 0 Å². The molecule has 0 aliphatic carbocycles. The zero-order valence-corrected chi connectivity index (χ0v) is 11.3. The van der Waals surface area contributed by atoms with Gasteiger partial charge in [0.05, 0.1) is 12.1 Å². The normalized spacial score (nSPS) is 29.1. The number of nitrogens with one attached hydrogen (secondary N) is 2. The highest BCUT2D eigenvalue weighted by molar-refractivity contribution is 6.10. The average Bonchev–Trinajstić information content (AvgIpc) is 2.89. The molecule has 6 heteroatoms. The van der Waals surface area contributed by atoms with E-state index in [1.54, 1.807) is 11.0 Å². The molecule has 3 rings (SSSR count). The van der Waals surface area contributed by atoms with E-state index in [1.807, 2.05) is 20.8 Å². The number of fused-ring (bicyclic) bond motifs is 1. The van der Waals surface area contributed by atoms with Crippen molar-refractivity contribution in [2.45, 2.75) is 39.3 Å². The van der Waals surface area contributed by atoms with Crippen molar-refractivity contribution in [3.05, 3.63) is 23.2 Å². The summed E-state index contributed by atoms with van der Waals surface area (Å²) in [7, 11) is 0. The number of carbonyl (C=O) groups is 2. The van der Waals surface area contributed by atoms with Gasteiger partial charge in [-0.3, -0.25) is 9.59 Å². The number of hydrogen-bond donors (Lipinski definition) is 2. The Balaban J connectivity index is 1.94. The number of hydrazine groups is 1. The van der Waals surface area contributed by atoms with Gasteiger partial charge in [-0.2, -0.15) is 0 Å². The van der Waals surface area contributed by atoms with E-state index in [-0.39, 0.29) is 23.9 Å². The van der Waals surface area contributed by atoms with E-state index in [1.165, 1.54) is 5.01 Å². The molecule has 0 spiro atoms. The van der Waals surface area contributed by atoms with Gasteiger partial charge in [0, 0.05) is 12.1 Å². The zero-order valence-electron chi connectivity index (χ0n) is 12.3. The van der Waals surface area contributed by atoms with E-state index >= 15 is 0 Å². The molecule has 6 nitrogen and oxygen atoms in total. The fourth-order valence-corrected chi connectivity index (χ4v) is 2.56. The number of nitrogens with zero attached hydrogens (tertiary/aromatic N) is 2. The lowest BCUT2D eigenvalue weighted by Gasteiger charge is -2.26. The minimum atomic E-state index is -0.275. The largest absolute Gasteiger partial charge is 0.336 e. The van der Waals surface area contributed by atoms with Crippen LogP contribution in [0.15, 0.2) is 23.2 Å². The lowest BCUT2D eigenvalue weighted by atomic mass is 10.2. The molecule has 1 unspecified atom stereocenters. The molecule has 102 valence electrons. The molecule has 0 aromatic rings. The van der Waals surface area contributed by atoms with Crippen molar-refractivity contribution in [1.82, 2.24) is 20.6 Å².